The van der Waals surface area contributed by atoms with Gasteiger partial charge in [-0.3, -0.25) is 0 Å². The van der Waals surface area contributed by atoms with Gasteiger partial charge in [-0.25, -0.2) is 0 Å². The van der Waals surface area contributed by atoms with Crippen molar-refractivity contribution in [3.05, 3.63) is 28.2 Å². The molecule has 1 rings (SSSR count). The van der Waals surface area contributed by atoms with Crippen LogP contribution in [0.2, 0.25) is 0 Å². The summed E-state index contributed by atoms with van der Waals surface area (Å²) >= 11 is 8.93. The van der Waals surface area contributed by atoms with E-state index >= 15 is 0 Å². The first-order valence-corrected chi connectivity index (χ1v) is 5.10. The van der Waals surface area contributed by atoms with Gasteiger partial charge in [-0.15, -0.1) is 11.6 Å². The van der Waals surface area contributed by atoms with Crippen LogP contribution in [0.1, 0.15) is 12.0 Å². The summed E-state index contributed by atoms with van der Waals surface area (Å²) in [5.41, 5.74) is 0.943. The summed E-state index contributed by atoms with van der Waals surface area (Å²) in [6.45, 7) is 0. The molecule has 0 saturated heterocycles. The highest BCUT2D eigenvalue weighted by Crippen LogP contribution is 2.26. The number of hydrogen-bond acceptors (Lipinski definition) is 1. The molecule has 0 aliphatic heterocycles. The van der Waals surface area contributed by atoms with E-state index in [1.54, 1.807) is 6.07 Å². The molecule has 1 nitrogen and oxygen atoms in total. The van der Waals surface area contributed by atoms with Crippen molar-refractivity contribution in [2.24, 2.45) is 0 Å². The maximum absolute atomic E-state index is 9.44. The van der Waals surface area contributed by atoms with E-state index < -0.39 is 0 Å². The number of phenolic OH excluding ortho intramolecular Hbond substituents is 1. The molecule has 0 atom stereocenters. The highest BCUT2D eigenvalue weighted by atomic mass is 79.9. The highest BCUT2D eigenvalue weighted by Gasteiger charge is 2.03. The lowest BCUT2D eigenvalue weighted by atomic mass is 10.1. The van der Waals surface area contributed by atoms with Crippen molar-refractivity contribution in [2.75, 3.05) is 5.88 Å². The van der Waals surface area contributed by atoms with E-state index in [1.165, 1.54) is 0 Å². The van der Waals surface area contributed by atoms with Gasteiger partial charge in [-0.1, -0.05) is 22.0 Å². The van der Waals surface area contributed by atoms with E-state index in [4.69, 9.17) is 11.6 Å². The van der Waals surface area contributed by atoms with Crippen molar-refractivity contribution >= 4 is 27.5 Å². The zero-order valence-electron chi connectivity index (χ0n) is 6.56. The minimum absolute atomic E-state index is 0.342. The zero-order chi connectivity index (χ0) is 8.97. The molecule has 1 aromatic carbocycles. The third-order valence-corrected chi connectivity index (χ3v) is 2.66. The topological polar surface area (TPSA) is 20.2 Å². The predicted octanol–water partition coefficient (Wildman–Crippen LogP) is 3.33. The van der Waals surface area contributed by atoms with Crippen LogP contribution < -0.4 is 0 Å². The molecule has 66 valence electrons. The second kappa shape index (κ2) is 4.73. The first kappa shape index (κ1) is 9.87. The fourth-order valence-electron chi connectivity index (χ4n) is 1.04. The number of phenols is 1. The molecule has 0 radical (unpaired) electrons. The lowest BCUT2D eigenvalue weighted by Gasteiger charge is -2.04. The molecule has 0 fully saturated rings. The Hall–Kier alpha value is -0.210. The molecule has 0 saturated carbocycles. The maximum Gasteiger partial charge on any atom is 0.119 e. The number of hydrogen-bond donors (Lipinski definition) is 1. The standard InChI is InChI=1S/C9H10BrClO/c10-8-4-1-5-9(12)7(8)3-2-6-11/h1,4-5,12H,2-3,6H2. The fraction of sp³-hybridized carbons (Fsp3) is 0.333. The first-order valence-electron chi connectivity index (χ1n) is 3.78. The molecule has 0 amide bonds. The average Bonchev–Trinajstić information content (AvgIpc) is 2.04. The molecule has 0 heterocycles. The van der Waals surface area contributed by atoms with Gasteiger partial charge >= 0.3 is 0 Å². The molecule has 12 heavy (non-hydrogen) atoms. The molecule has 0 unspecified atom stereocenters. The van der Waals surface area contributed by atoms with E-state index in [0.717, 1.165) is 22.9 Å². The van der Waals surface area contributed by atoms with Crippen LogP contribution in [-0.2, 0) is 6.42 Å². The fourth-order valence-corrected chi connectivity index (χ4v) is 1.73. The third-order valence-electron chi connectivity index (χ3n) is 1.65. The number of benzene rings is 1. The van der Waals surface area contributed by atoms with Gasteiger partial charge in [0.1, 0.15) is 5.75 Å². The van der Waals surface area contributed by atoms with Gasteiger partial charge in [-0.2, -0.15) is 0 Å². The Balaban J connectivity index is 2.81. The van der Waals surface area contributed by atoms with Crippen LogP contribution in [-0.4, -0.2) is 11.0 Å². The van der Waals surface area contributed by atoms with Crippen LogP contribution in [0.4, 0.5) is 0 Å². The monoisotopic (exact) mass is 248 g/mol. The normalized spacial score (nSPS) is 10.2. The molecule has 0 spiro atoms. The molecule has 0 aromatic heterocycles. The van der Waals surface area contributed by atoms with Gasteiger partial charge in [0.15, 0.2) is 0 Å². The SMILES string of the molecule is Oc1cccc(Br)c1CCCCl. The van der Waals surface area contributed by atoms with E-state index in [0.29, 0.717) is 11.6 Å². The molecular weight excluding hydrogens is 239 g/mol. The quantitative estimate of drug-likeness (QED) is 0.815. The Morgan fingerprint density at radius 1 is 1.42 bits per heavy atom. The van der Waals surface area contributed by atoms with Crippen molar-refractivity contribution < 1.29 is 5.11 Å². The smallest absolute Gasteiger partial charge is 0.119 e. The van der Waals surface area contributed by atoms with Crippen LogP contribution in [0.15, 0.2) is 22.7 Å². The Bertz CT molecular complexity index is 242. The molecule has 1 aromatic rings. The predicted molar refractivity (Wildman–Crippen MR) is 54.8 cm³/mol. The number of aromatic hydroxyl groups is 1. The van der Waals surface area contributed by atoms with E-state index in [2.05, 4.69) is 15.9 Å². The summed E-state index contributed by atoms with van der Waals surface area (Å²) in [4.78, 5) is 0. The van der Waals surface area contributed by atoms with Crippen molar-refractivity contribution in [2.45, 2.75) is 12.8 Å². The summed E-state index contributed by atoms with van der Waals surface area (Å²) in [7, 11) is 0. The molecule has 3 heteroatoms. The maximum atomic E-state index is 9.44. The lowest BCUT2D eigenvalue weighted by molar-refractivity contribution is 0.467. The van der Waals surface area contributed by atoms with Crippen molar-refractivity contribution in [3.63, 3.8) is 0 Å². The average molecular weight is 250 g/mol. The van der Waals surface area contributed by atoms with E-state index in [-0.39, 0.29) is 0 Å². The van der Waals surface area contributed by atoms with Crippen molar-refractivity contribution in [1.82, 2.24) is 0 Å². The molecule has 0 aliphatic carbocycles. The minimum Gasteiger partial charge on any atom is -0.508 e. The van der Waals surface area contributed by atoms with Gasteiger partial charge in [-0.05, 0) is 25.0 Å². The summed E-state index contributed by atoms with van der Waals surface area (Å²) in [5.74, 6) is 0.968. The van der Waals surface area contributed by atoms with Crippen molar-refractivity contribution in [1.29, 1.82) is 0 Å². The second-order valence-corrected chi connectivity index (χ2v) is 3.76. The number of halogens is 2. The van der Waals surface area contributed by atoms with Gasteiger partial charge in [0.05, 0.1) is 0 Å². The molecule has 1 N–H and O–H groups in total. The van der Waals surface area contributed by atoms with Crippen LogP contribution in [0, 0.1) is 0 Å². The van der Waals surface area contributed by atoms with Gasteiger partial charge in [0.25, 0.3) is 0 Å². The number of rotatable bonds is 3. The third kappa shape index (κ3) is 2.39. The zero-order valence-corrected chi connectivity index (χ0v) is 8.90. The van der Waals surface area contributed by atoms with Crippen LogP contribution in [0.3, 0.4) is 0 Å². The van der Waals surface area contributed by atoms with Crippen LogP contribution in [0.5, 0.6) is 5.75 Å². The van der Waals surface area contributed by atoms with Crippen molar-refractivity contribution in [3.8, 4) is 5.75 Å². The summed E-state index contributed by atoms with van der Waals surface area (Å²) in [6.07, 6.45) is 1.70. The highest BCUT2D eigenvalue weighted by molar-refractivity contribution is 9.10. The first-order chi connectivity index (χ1) is 5.75. The van der Waals surface area contributed by atoms with Gasteiger partial charge < -0.3 is 5.11 Å². The number of alkyl halides is 1. The lowest BCUT2D eigenvalue weighted by Crippen LogP contribution is -1.88. The van der Waals surface area contributed by atoms with Crippen LogP contribution in [0.25, 0.3) is 0 Å². The summed E-state index contributed by atoms with van der Waals surface area (Å²) in [6, 6.07) is 5.42. The van der Waals surface area contributed by atoms with E-state index in [1.807, 2.05) is 12.1 Å². The summed E-state index contributed by atoms with van der Waals surface area (Å²) < 4.78 is 0.951. The molecular formula is C9H10BrClO. The second-order valence-electron chi connectivity index (χ2n) is 2.53. The molecule has 0 aliphatic rings. The Morgan fingerprint density at radius 2 is 2.17 bits per heavy atom. The Kier molecular flexibility index (Phi) is 3.89. The largest absolute Gasteiger partial charge is 0.508 e. The van der Waals surface area contributed by atoms with E-state index in [9.17, 15) is 5.11 Å². The van der Waals surface area contributed by atoms with Gasteiger partial charge in [0.2, 0.25) is 0 Å². The molecule has 0 bridgehead atoms. The minimum atomic E-state index is 0.342. The summed E-state index contributed by atoms with van der Waals surface area (Å²) in [5, 5.41) is 9.44. The Morgan fingerprint density at radius 3 is 2.75 bits per heavy atom. The van der Waals surface area contributed by atoms with Gasteiger partial charge in [0, 0.05) is 15.9 Å². The Labute approximate surface area is 85.5 Å². The van der Waals surface area contributed by atoms with Crippen LogP contribution >= 0.6 is 27.5 Å².